The van der Waals surface area contributed by atoms with E-state index < -0.39 is 50.9 Å². The Labute approximate surface area is 149 Å². The predicted octanol–water partition coefficient (Wildman–Crippen LogP) is 1.54. The van der Waals surface area contributed by atoms with Crippen molar-refractivity contribution >= 4 is 22.1 Å². The molecule has 8 nitrogen and oxygen atoms in total. The molecule has 2 fully saturated rings. The van der Waals surface area contributed by atoms with E-state index in [1.165, 1.54) is 0 Å². The van der Waals surface area contributed by atoms with Crippen molar-refractivity contribution in [3.63, 3.8) is 0 Å². The van der Waals surface area contributed by atoms with Gasteiger partial charge in [-0.25, -0.2) is 0 Å². The number of esters is 2. The van der Waals surface area contributed by atoms with Crippen molar-refractivity contribution in [2.75, 3.05) is 13.2 Å². The molecule has 0 amide bonds. The monoisotopic (exact) mass is 400 g/mol. The molecule has 4 unspecified atom stereocenters. The van der Waals surface area contributed by atoms with Crippen molar-refractivity contribution in [1.82, 2.24) is 0 Å². The minimum absolute atomic E-state index is 0.0291. The number of alkyl halides is 2. The van der Waals surface area contributed by atoms with Crippen LogP contribution in [0.2, 0.25) is 0 Å². The van der Waals surface area contributed by atoms with Gasteiger partial charge in [0.05, 0.1) is 18.4 Å². The molecule has 2 rings (SSSR count). The van der Waals surface area contributed by atoms with Crippen LogP contribution in [-0.4, -0.2) is 55.1 Å². The summed E-state index contributed by atoms with van der Waals surface area (Å²) >= 11 is 0. The first kappa shape index (κ1) is 21.0. The Morgan fingerprint density at radius 1 is 1.27 bits per heavy atom. The third-order valence-electron chi connectivity index (χ3n) is 4.64. The molecule has 1 aliphatic carbocycles. The van der Waals surface area contributed by atoms with E-state index in [9.17, 15) is 26.8 Å². The summed E-state index contributed by atoms with van der Waals surface area (Å²) in [6.07, 6.45) is -0.584. The van der Waals surface area contributed by atoms with Crippen molar-refractivity contribution in [2.24, 2.45) is 11.8 Å². The number of ether oxygens (including phenoxy) is 3. The van der Waals surface area contributed by atoms with E-state index in [1.807, 2.05) is 0 Å². The van der Waals surface area contributed by atoms with E-state index in [0.717, 1.165) is 0 Å². The lowest BCUT2D eigenvalue weighted by Crippen LogP contribution is -2.44. The van der Waals surface area contributed by atoms with Crippen LogP contribution in [-0.2, 0) is 33.9 Å². The topological polar surface area (TPSA) is 120 Å². The van der Waals surface area contributed by atoms with Gasteiger partial charge in [-0.05, 0) is 26.7 Å². The fourth-order valence-electron chi connectivity index (χ4n) is 2.77. The van der Waals surface area contributed by atoms with Crippen LogP contribution in [0.4, 0.5) is 8.78 Å². The molecule has 1 N–H and O–H groups in total. The standard InChI is InChI=1S/C15H22F2O8S/c1-9(15(16,17)26(20,21)22)25-13(19)11-6-4-3-5-10(11)12(18)23-7-14(2)8-24-14/h9-11H,3-8H2,1-2H3,(H,20,21,22). The average molecular weight is 400 g/mol. The van der Waals surface area contributed by atoms with Gasteiger partial charge >= 0.3 is 27.3 Å². The Morgan fingerprint density at radius 2 is 1.77 bits per heavy atom. The van der Waals surface area contributed by atoms with Crippen LogP contribution in [0, 0.1) is 11.8 Å². The fraction of sp³-hybridized carbons (Fsp3) is 0.867. The Balaban J connectivity index is 2.01. The molecule has 0 bridgehead atoms. The molecular formula is C15H22F2O8S. The molecule has 26 heavy (non-hydrogen) atoms. The molecule has 0 aromatic carbocycles. The molecule has 2 aliphatic rings. The normalized spacial score (nSPS) is 30.3. The highest BCUT2D eigenvalue weighted by Crippen LogP contribution is 2.35. The van der Waals surface area contributed by atoms with Crippen LogP contribution in [0.15, 0.2) is 0 Å². The zero-order valence-corrected chi connectivity index (χ0v) is 15.3. The summed E-state index contributed by atoms with van der Waals surface area (Å²) in [6, 6.07) is 0. The number of carbonyl (C=O) groups excluding carboxylic acids is 2. The van der Waals surface area contributed by atoms with Gasteiger partial charge in [-0.1, -0.05) is 12.8 Å². The molecule has 1 saturated carbocycles. The highest BCUT2D eigenvalue weighted by Gasteiger charge is 2.53. The lowest BCUT2D eigenvalue weighted by molar-refractivity contribution is -0.173. The van der Waals surface area contributed by atoms with Crippen LogP contribution < -0.4 is 0 Å². The SMILES string of the molecule is CC(OC(=O)C1CCCCC1C(=O)OCC1(C)CO1)C(F)(F)S(=O)(=O)O. The van der Waals surface area contributed by atoms with E-state index in [-0.39, 0.29) is 13.0 Å². The molecule has 0 aromatic rings. The first-order valence-corrected chi connectivity index (χ1v) is 9.67. The summed E-state index contributed by atoms with van der Waals surface area (Å²) in [5.74, 6) is -3.62. The zero-order valence-electron chi connectivity index (χ0n) is 14.4. The van der Waals surface area contributed by atoms with Crippen molar-refractivity contribution in [2.45, 2.75) is 56.5 Å². The van der Waals surface area contributed by atoms with Crippen molar-refractivity contribution in [1.29, 1.82) is 0 Å². The Bertz CT molecular complexity index is 659. The van der Waals surface area contributed by atoms with Gasteiger partial charge in [0.25, 0.3) is 0 Å². The molecule has 1 saturated heterocycles. The fourth-order valence-corrected chi connectivity index (χ4v) is 3.24. The highest BCUT2D eigenvalue weighted by molar-refractivity contribution is 7.86. The maximum Gasteiger partial charge on any atom is 0.405 e. The molecular weight excluding hydrogens is 378 g/mol. The third kappa shape index (κ3) is 4.68. The number of hydrogen-bond acceptors (Lipinski definition) is 7. The molecule has 0 radical (unpaired) electrons. The van der Waals surface area contributed by atoms with Gasteiger partial charge in [0, 0.05) is 0 Å². The van der Waals surface area contributed by atoms with Crippen LogP contribution >= 0.6 is 0 Å². The molecule has 1 aliphatic heterocycles. The Hall–Kier alpha value is -1.33. The third-order valence-corrected chi connectivity index (χ3v) is 5.66. The van der Waals surface area contributed by atoms with E-state index in [4.69, 9.17) is 14.0 Å². The summed E-state index contributed by atoms with van der Waals surface area (Å²) in [5.41, 5.74) is -0.521. The summed E-state index contributed by atoms with van der Waals surface area (Å²) in [6.45, 7) is 2.90. The first-order chi connectivity index (χ1) is 11.9. The van der Waals surface area contributed by atoms with Crippen molar-refractivity contribution in [3.05, 3.63) is 0 Å². The van der Waals surface area contributed by atoms with Gasteiger partial charge in [0.15, 0.2) is 6.10 Å². The molecule has 0 spiro atoms. The summed E-state index contributed by atoms with van der Waals surface area (Å²) in [7, 11) is -5.74. The van der Waals surface area contributed by atoms with Gasteiger partial charge in [-0.3, -0.25) is 14.1 Å². The lowest BCUT2D eigenvalue weighted by atomic mass is 9.79. The second-order valence-electron chi connectivity index (χ2n) is 6.96. The predicted molar refractivity (Wildman–Crippen MR) is 82.8 cm³/mol. The zero-order chi connectivity index (χ0) is 19.8. The largest absolute Gasteiger partial charge is 0.462 e. The molecule has 4 atom stereocenters. The minimum atomic E-state index is -5.74. The van der Waals surface area contributed by atoms with Gasteiger partial charge in [-0.2, -0.15) is 17.2 Å². The number of rotatable bonds is 7. The lowest BCUT2D eigenvalue weighted by Gasteiger charge is -2.30. The van der Waals surface area contributed by atoms with E-state index in [1.54, 1.807) is 6.92 Å². The van der Waals surface area contributed by atoms with Gasteiger partial charge < -0.3 is 14.2 Å². The Morgan fingerprint density at radius 3 is 2.23 bits per heavy atom. The summed E-state index contributed by atoms with van der Waals surface area (Å²) in [5, 5.41) is -4.65. The van der Waals surface area contributed by atoms with Gasteiger partial charge in [-0.15, -0.1) is 0 Å². The number of hydrogen-bond donors (Lipinski definition) is 1. The summed E-state index contributed by atoms with van der Waals surface area (Å²) in [4.78, 5) is 24.5. The molecule has 11 heteroatoms. The maximum absolute atomic E-state index is 13.5. The van der Waals surface area contributed by atoms with Gasteiger partial charge in [0.2, 0.25) is 0 Å². The van der Waals surface area contributed by atoms with Gasteiger partial charge in [0.1, 0.15) is 12.2 Å². The van der Waals surface area contributed by atoms with Crippen molar-refractivity contribution < 1.29 is 45.6 Å². The van der Waals surface area contributed by atoms with Crippen LogP contribution in [0.25, 0.3) is 0 Å². The molecule has 0 aromatic heterocycles. The second kappa shape index (κ2) is 7.35. The number of halogens is 2. The quantitative estimate of drug-likeness (QED) is 0.388. The average Bonchev–Trinajstić information content (AvgIpc) is 3.29. The van der Waals surface area contributed by atoms with Crippen LogP contribution in [0.1, 0.15) is 39.5 Å². The number of epoxide rings is 1. The van der Waals surface area contributed by atoms with Crippen LogP contribution in [0.5, 0.6) is 0 Å². The summed E-state index contributed by atoms with van der Waals surface area (Å²) < 4.78 is 72.0. The van der Waals surface area contributed by atoms with Crippen LogP contribution in [0.3, 0.4) is 0 Å². The Kier molecular flexibility index (Phi) is 5.93. The van der Waals surface area contributed by atoms with E-state index in [0.29, 0.717) is 32.8 Å². The van der Waals surface area contributed by atoms with E-state index in [2.05, 4.69) is 4.74 Å². The minimum Gasteiger partial charge on any atom is -0.462 e. The first-order valence-electron chi connectivity index (χ1n) is 8.23. The van der Waals surface area contributed by atoms with Crippen molar-refractivity contribution in [3.8, 4) is 0 Å². The highest BCUT2D eigenvalue weighted by atomic mass is 32.2. The number of carbonyl (C=O) groups is 2. The maximum atomic E-state index is 13.5. The molecule has 150 valence electrons. The smallest absolute Gasteiger partial charge is 0.405 e. The second-order valence-corrected chi connectivity index (χ2v) is 8.45. The molecule has 1 heterocycles. The van der Waals surface area contributed by atoms with E-state index >= 15 is 0 Å².